The number of carbonyl (C=O) groups is 2. The Morgan fingerprint density at radius 1 is 1.46 bits per heavy atom. The highest BCUT2D eigenvalue weighted by atomic mass is 16.5. The Bertz CT molecular complexity index is 765. The molecule has 26 heavy (non-hydrogen) atoms. The largest absolute Gasteiger partial charge is 0.395 e. The summed E-state index contributed by atoms with van der Waals surface area (Å²) in [5, 5.41) is 9.10. The average Bonchev–Trinajstić information content (AvgIpc) is 3.25. The topological polar surface area (TPSA) is 95.9 Å². The number of carbonyl (C=O) groups excluding carboxylic acids is 2. The first kappa shape index (κ1) is 17.1. The number of amides is 2. The van der Waals surface area contributed by atoms with Crippen molar-refractivity contribution in [2.24, 2.45) is 11.8 Å². The SMILES string of the molecule is Cc1cnc(CN2C[C@]34C=C[C@H](O3)C(C(=O)N(C)CCO)C4C2=O)cn1. The zero-order valence-electron chi connectivity index (χ0n) is 14.8. The Labute approximate surface area is 151 Å². The van der Waals surface area contributed by atoms with E-state index in [1.165, 1.54) is 4.90 Å². The molecular formula is C18H22N4O4. The van der Waals surface area contributed by atoms with Crippen LogP contribution in [0.1, 0.15) is 11.4 Å². The monoisotopic (exact) mass is 358 g/mol. The first-order chi connectivity index (χ1) is 12.4. The molecule has 8 heteroatoms. The van der Waals surface area contributed by atoms with Crippen LogP contribution in [0.25, 0.3) is 0 Å². The van der Waals surface area contributed by atoms with Gasteiger partial charge in [-0.3, -0.25) is 19.6 Å². The number of ether oxygens (including phenoxy) is 1. The number of likely N-dealkylation sites (N-methyl/N-ethyl adjacent to an activating group) is 1. The average molecular weight is 358 g/mol. The van der Waals surface area contributed by atoms with Gasteiger partial charge in [-0.2, -0.15) is 0 Å². The van der Waals surface area contributed by atoms with Crippen molar-refractivity contribution in [3.05, 3.63) is 35.9 Å². The summed E-state index contributed by atoms with van der Waals surface area (Å²) in [4.78, 5) is 37.6. The molecule has 2 saturated heterocycles. The number of aliphatic hydroxyl groups excluding tert-OH is 1. The van der Waals surface area contributed by atoms with Crippen LogP contribution in [0.5, 0.6) is 0 Å². The lowest BCUT2D eigenvalue weighted by molar-refractivity contribution is -0.142. The first-order valence-corrected chi connectivity index (χ1v) is 8.74. The highest BCUT2D eigenvalue weighted by Gasteiger charge is 2.67. The normalized spacial score (nSPS) is 31.6. The second-order valence-corrected chi connectivity index (χ2v) is 7.23. The lowest BCUT2D eigenvalue weighted by Gasteiger charge is -2.27. The maximum Gasteiger partial charge on any atom is 0.230 e. The van der Waals surface area contributed by atoms with Gasteiger partial charge in [0.1, 0.15) is 5.60 Å². The fraction of sp³-hybridized carbons (Fsp3) is 0.556. The van der Waals surface area contributed by atoms with Crippen molar-refractivity contribution in [2.45, 2.75) is 25.2 Å². The second kappa shape index (κ2) is 6.14. The number of hydrogen-bond acceptors (Lipinski definition) is 6. The number of aliphatic hydroxyl groups is 1. The van der Waals surface area contributed by atoms with Gasteiger partial charge >= 0.3 is 0 Å². The van der Waals surface area contributed by atoms with Crippen molar-refractivity contribution in [2.75, 3.05) is 26.7 Å². The molecule has 1 aromatic rings. The smallest absolute Gasteiger partial charge is 0.230 e. The van der Waals surface area contributed by atoms with Crippen LogP contribution < -0.4 is 0 Å². The fourth-order valence-electron chi connectivity index (χ4n) is 4.21. The van der Waals surface area contributed by atoms with Gasteiger partial charge in [-0.05, 0) is 6.92 Å². The molecule has 0 saturated carbocycles. The molecule has 1 aromatic heterocycles. The highest BCUT2D eigenvalue weighted by Crippen LogP contribution is 2.52. The van der Waals surface area contributed by atoms with Gasteiger partial charge in [0.15, 0.2) is 0 Å². The molecule has 4 rings (SSSR count). The maximum absolute atomic E-state index is 13.1. The highest BCUT2D eigenvalue weighted by molar-refractivity contribution is 5.92. The number of likely N-dealkylation sites (tertiary alicyclic amines) is 1. The minimum atomic E-state index is -0.736. The summed E-state index contributed by atoms with van der Waals surface area (Å²) >= 11 is 0. The number of aromatic nitrogens is 2. The number of fused-ring (bicyclic) bond motifs is 1. The first-order valence-electron chi connectivity index (χ1n) is 8.74. The van der Waals surface area contributed by atoms with Crippen molar-refractivity contribution in [3.8, 4) is 0 Å². The van der Waals surface area contributed by atoms with Gasteiger partial charge in [0.25, 0.3) is 0 Å². The van der Waals surface area contributed by atoms with E-state index in [-0.39, 0.29) is 31.1 Å². The molecule has 0 radical (unpaired) electrons. The zero-order chi connectivity index (χ0) is 18.5. The van der Waals surface area contributed by atoms with E-state index >= 15 is 0 Å². The van der Waals surface area contributed by atoms with Crippen LogP contribution in [0.2, 0.25) is 0 Å². The third-order valence-corrected chi connectivity index (χ3v) is 5.46. The molecule has 8 nitrogen and oxygen atoms in total. The van der Waals surface area contributed by atoms with Crippen molar-refractivity contribution < 1.29 is 19.4 Å². The molecule has 4 heterocycles. The van der Waals surface area contributed by atoms with Crippen molar-refractivity contribution in [1.29, 1.82) is 0 Å². The lowest BCUT2D eigenvalue weighted by Crippen LogP contribution is -2.45. The third kappa shape index (κ3) is 2.52. The van der Waals surface area contributed by atoms with E-state index in [9.17, 15) is 9.59 Å². The van der Waals surface area contributed by atoms with Crippen molar-refractivity contribution in [3.63, 3.8) is 0 Å². The van der Waals surface area contributed by atoms with Crippen LogP contribution in [0.4, 0.5) is 0 Å². The quantitative estimate of drug-likeness (QED) is 0.714. The number of rotatable bonds is 5. The molecular weight excluding hydrogens is 336 g/mol. The van der Waals surface area contributed by atoms with Gasteiger partial charge in [-0.25, -0.2) is 0 Å². The number of aryl methyl sites for hydroxylation is 1. The standard InChI is InChI=1S/C18H22N4O4/c1-11-7-20-12(8-19-11)9-22-10-18-4-3-13(26-18)14(15(18)17(22)25)16(24)21(2)5-6-23/h3-4,7-8,13-15,23H,5-6,9-10H2,1-2H3/t13-,14?,15?,18-/m0/s1. The number of hydrogen-bond donors (Lipinski definition) is 1. The zero-order valence-corrected chi connectivity index (χ0v) is 14.8. The van der Waals surface area contributed by atoms with E-state index < -0.39 is 17.4 Å². The van der Waals surface area contributed by atoms with E-state index in [4.69, 9.17) is 9.84 Å². The van der Waals surface area contributed by atoms with Gasteiger partial charge in [0.2, 0.25) is 11.8 Å². The lowest BCUT2D eigenvalue weighted by atomic mass is 9.76. The molecule has 2 bridgehead atoms. The fourth-order valence-corrected chi connectivity index (χ4v) is 4.21. The van der Waals surface area contributed by atoms with Crippen LogP contribution in [0.3, 0.4) is 0 Å². The summed E-state index contributed by atoms with van der Waals surface area (Å²) in [7, 11) is 1.64. The summed E-state index contributed by atoms with van der Waals surface area (Å²) in [6.07, 6.45) is 6.78. The van der Waals surface area contributed by atoms with Crippen LogP contribution >= 0.6 is 0 Å². The molecule has 1 spiro atoms. The molecule has 138 valence electrons. The molecule has 3 aliphatic heterocycles. The van der Waals surface area contributed by atoms with E-state index in [2.05, 4.69) is 9.97 Å². The van der Waals surface area contributed by atoms with Crippen LogP contribution in [-0.2, 0) is 20.9 Å². The van der Waals surface area contributed by atoms with Gasteiger partial charge in [0.05, 0.1) is 55.2 Å². The van der Waals surface area contributed by atoms with Crippen molar-refractivity contribution in [1.82, 2.24) is 19.8 Å². The van der Waals surface area contributed by atoms with E-state index in [0.717, 1.165) is 5.69 Å². The minimum absolute atomic E-state index is 0.0880. The van der Waals surface area contributed by atoms with E-state index in [1.54, 1.807) is 24.3 Å². The van der Waals surface area contributed by atoms with Gasteiger partial charge in [-0.1, -0.05) is 12.2 Å². The minimum Gasteiger partial charge on any atom is -0.395 e. The summed E-state index contributed by atoms with van der Waals surface area (Å²) in [5.41, 5.74) is 0.791. The molecule has 2 amide bonds. The summed E-state index contributed by atoms with van der Waals surface area (Å²) < 4.78 is 6.08. The maximum atomic E-state index is 13.1. The molecule has 4 atom stereocenters. The predicted octanol–water partition coefficient (Wildman–Crippen LogP) is -0.482. The second-order valence-electron chi connectivity index (χ2n) is 7.23. The summed E-state index contributed by atoms with van der Waals surface area (Å²) in [5.74, 6) is -1.32. The van der Waals surface area contributed by atoms with Crippen LogP contribution in [-0.4, -0.2) is 75.1 Å². The van der Waals surface area contributed by atoms with Crippen molar-refractivity contribution >= 4 is 11.8 Å². The Morgan fingerprint density at radius 2 is 2.27 bits per heavy atom. The molecule has 2 unspecified atom stereocenters. The molecule has 2 fully saturated rings. The Kier molecular flexibility index (Phi) is 4.04. The van der Waals surface area contributed by atoms with Crippen LogP contribution in [0, 0.1) is 18.8 Å². The molecule has 0 aromatic carbocycles. The molecule has 0 aliphatic carbocycles. The summed E-state index contributed by atoms with van der Waals surface area (Å²) in [6.45, 7) is 2.74. The Balaban J connectivity index is 1.57. The van der Waals surface area contributed by atoms with Gasteiger partial charge in [0, 0.05) is 19.8 Å². The number of nitrogens with zero attached hydrogens (tertiary/aromatic N) is 4. The Hall–Kier alpha value is -2.32. The van der Waals surface area contributed by atoms with Gasteiger partial charge < -0.3 is 19.6 Å². The Morgan fingerprint density at radius 3 is 2.96 bits per heavy atom. The summed E-state index contributed by atoms with van der Waals surface area (Å²) in [6, 6.07) is 0. The van der Waals surface area contributed by atoms with Crippen LogP contribution in [0.15, 0.2) is 24.5 Å². The predicted molar refractivity (Wildman–Crippen MR) is 90.6 cm³/mol. The molecule has 3 aliphatic rings. The molecule has 1 N–H and O–H groups in total. The van der Waals surface area contributed by atoms with E-state index in [1.807, 2.05) is 19.1 Å². The third-order valence-electron chi connectivity index (χ3n) is 5.46. The van der Waals surface area contributed by atoms with Gasteiger partial charge in [-0.15, -0.1) is 0 Å². The van der Waals surface area contributed by atoms with E-state index in [0.29, 0.717) is 18.8 Å².